The van der Waals surface area contributed by atoms with Crippen LogP contribution in [0.4, 0.5) is 13.2 Å². The monoisotopic (exact) mass is 292 g/mol. The molecule has 1 atom stereocenters. The van der Waals surface area contributed by atoms with E-state index in [4.69, 9.17) is 21.4 Å². The lowest BCUT2D eigenvalue weighted by molar-refractivity contribution is -0.204. The number of halogens is 4. The van der Waals surface area contributed by atoms with Crippen LogP contribution in [0.25, 0.3) is 6.08 Å². The van der Waals surface area contributed by atoms with Crippen LogP contribution in [0, 0.1) is 6.92 Å². The number of alkyl halides is 4. The summed E-state index contributed by atoms with van der Waals surface area (Å²) in [6, 6.07) is 4.47. The molecule has 0 saturated carbocycles. The standard InChI is InChI=1S/C12H8ClF3O3/c1-6-2-3-7-5-8(10(17)18)11(13,12(14,15)16)19-9(7)4-6/h2-5H,1H3,(H,17,18). The number of aryl methyl sites for hydroxylation is 1. The van der Waals surface area contributed by atoms with Crippen LogP contribution in [0.2, 0.25) is 0 Å². The van der Waals surface area contributed by atoms with Crippen molar-refractivity contribution in [1.82, 2.24) is 0 Å². The molecule has 0 aliphatic carbocycles. The minimum atomic E-state index is -5.06. The van der Waals surface area contributed by atoms with Crippen molar-refractivity contribution in [3.05, 3.63) is 34.9 Å². The van der Waals surface area contributed by atoms with Gasteiger partial charge in [-0.3, -0.25) is 0 Å². The first-order valence-electron chi connectivity index (χ1n) is 5.16. The molecule has 1 aromatic carbocycles. The molecule has 102 valence electrons. The molecule has 0 fully saturated rings. The maximum absolute atomic E-state index is 13.0. The molecule has 1 aromatic rings. The van der Waals surface area contributed by atoms with Crippen LogP contribution >= 0.6 is 11.6 Å². The van der Waals surface area contributed by atoms with E-state index in [0.29, 0.717) is 5.56 Å². The fraction of sp³-hybridized carbons (Fsp3) is 0.250. The molecule has 3 nitrogen and oxygen atoms in total. The first kappa shape index (κ1) is 13.7. The molecule has 7 heteroatoms. The number of rotatable bonds is 1. The topological polar surface area (TPSA) is 46.5 Å². The summed E-state index contributed by atoms with van der Waals surface area (Å²) < 4.78 is 43.6. The average molecular weight is 293 g/mol. The van der Waals surface area contributed by atoms with Gasteiger partial charge in [-0.1, -0.05) is 23.7 Å². The third kappa shape index (κ3) is 2.16. The molecular formula is C12H8ClF3O3. The van der Waals surface area contributed by atoms with Crippen LogP contribution in [-0.4, -0.2) is 22.3 Å². The average Bonchev–Trinajstić information content (AvgIpc) is 2.25. The van der Waals surface area contributed by atoms with Crippen molar-refractivity contribution in [3.63, 3.8) is 0 Å². The van der Waals surface area contributed by atoms with E-state index in [0.717, 1.165) is 6.08 Å². The molecule has 1 aliphatic heterocycles. The smallest absolute Gasteiger partial charge is 0.448 e. The summed E-state index contributed by atoms with van der Waals surface area (Å²) in [7, 11) is 0. The number of ether oxygens (including phenoxy) is 1. The predicted octanol–water partition coefficient (Wildman–Crippen LogP) is 3.35. The highest BCUT2D eigenvalue weighted by Crippen LogP contribution is 2.48. The first-order valence-corrected chi connectivity index (χ1v) is 5.54. The number of fused-ring (bicyclic) bond motifs is 1. The number of aliphatic carboxylic acids is 1. The second-order valence-corrected chi connectivity index (χ2v) is 4.63. The Kier molecular flexibility index (Phi) is 3.01. The number of carboxylic acid groups (broad SMARTS) is 1. The minimum absolute atomic E-state index is 0.0997. The van der Waals surface area contributed by atoms with Gasteiger partial charge in [0.25, 0.3) is 0 Å². The van der Waals surface area contributed by atoms with Gasteiger partial charge < -0.3 is 9.84 Å². The van der Waals surface area contributed by atoms with Crippen LogP contribution in [-0.2, 0) is 4.79 Å². The Labute approximate surface area is 111 Å². The molecule has 0 saturated heterocycles. The number of carboxylic acids is 1. The molecule has 2 rings (SSSR count). The van der Waals surface area contributed by atoms with Gasteiger partial charge in [0.2, 0.25) is 0 Å². The Morgan fingerprint density at radius 2 is 2.05 bits per heavy atom. The first-order chi connectivity index (χ1) is 8.65. The van der Waals surface area contributed by atoms with Crippen molar-refractivity contribution in [3.8, 4) is 5.75 Å². The molecule has 0 bridgehead atoms. The van der Waals surface area contributed by atoms with E-state index in [-0.39, 0.29) is 11.3 Å². The van der Waals surface area contributed by atoms with Crippen LogP contribution in [0.15, 0.2) is 23.8 Å². The van der Waals surface area contributed by atoms with Gasteiger partial charge in [-0.05, 0) is 24.6 Å². The van der Waals surface area contributed by atoms with Gasteiger partial charge in [-0.15, -0.1) is 0 Å². The number of hydrogen-bond donors (Lipinski definition) is 1. The van der Waals surface area contributed by atoms with Crippen molar-refractivity contribution in [2.24, 2.45) is 0 Å². The van der Waals surface area contributed by atoms with E-state index in [9.17, 15) is 18.0 Å². The molecule has 19 heavy (non-hydrogen) atoms. The van der Waals surface area contributed by atoms with E-state index >= 15 is 0 Å². The van der Waals surface area contributed by atoms with Gasteiger partial charge >= 0.3 is 17.2 Å². The lowest BCUT2D eigenvalue weighted by Crippen LogP contribution is -2.50. The quantitative estimate of drug-likeness (QED) is 0.807. The summed E-state index contributed by atoms with van der Waals surface area (Å²) in [6.45, 7) is 1.67. The summed E-state index contributed by atoms with van der Waals surface area (Å²) in [6.07, 6.45) is -4.18. The Morgan fingerprint density at radius 3 is 2.58 bits per heavy atom. The molecule has 0 radical (unpaired) electrons. The van der Waals surface area contributed by atoms with Gasteiger partial charge in [0.15, 0.2) is 0 Å². The Bertz CT molecular complexity index is 580. The predicted molar refractivity (Wildman–Crippen MR) is 62.1 cm³/mol. The fourth-order valence-electron chi connectivity index (χ4n) is 1.71. The molecule has 1 heterocycles. The summed E-state index contributed by atoms with van der Waals surface area (Å²) >= 11 is 5.40. The summed E-state index contributed by atoms with van der Waals surface area (Å²) in [5.74, 6) is -1.88. The zero-order valence-electron chi connectivity index (χ0n) is 9.58. The summed E-state index contributed by atoms with van der Waals surface area (Å²) in [4.78, 5) is 11.0. The summed E-state index contributed by atoms with van der Waals surface area (Å²) in [5.41, 5.74) is -0.145. The normalized spacial score (nSPS) is 22.3. The SMILES string of the molecule is Cc1ccc2c(c1)OC(Cl)(C(F)(F)F)C(C(=O)O)=C2. The lowest BCUT2D eigenvalue weighted by atomic mass is 9.99. The Balaban J connectivity index is 2.65. The second-order valence-electron chi connectivity index (χ2n) is 4.10. The van der Waals surface area contributed by atoms with E-state index in [2.05, 4.69) is 0 Å². The van der Waals surface area contributed by atoms with Crippen molar-refractivity contribution in [2.45, 2.75) is 18.2 Å². The lowest BCUT2D eigenvalue weighted by Gasteiger charge is -2.34. The molecule has 0 aromatic heterocycles. The fourth-order valence-corrected chi connectivity index (χ4v) is 1.93. The molecule has 0 spiro atoms. The Hall–Kier alpha value is -1.69. The van der Waals surface area contributed by atoms with Crippen molar-refractivity contribution in [1.29, 1.82) is 0 Å². The van der Waals surface area contributed by atoms with Crippen LogP contribution in [0.3, 0.4) is 0 Å². The second kappa shape index (κ2) is 4.16. The number of carbonyl (C=O) groups is 1. The van der Waals surface area contributed by atoms with Crippen molar-refractivity contribution in [2.75, 3.05) is 0 Å². The minimum Gasteiger partial charge on any atom is -0.478 e. The van der Waals surface area contributed by atoms with E-state index in [1.807, 2.05) is 0 Å². The van der Waals surface area contributed by atoms with Crippen LogP contribution in [0.5, 0.6) is 5.75 Å². The van der Waals surface area contributed by atoms with Gasteiger partial charge in [-0.25, -0.2) is 4.79 Å². The van der Waals surface area contributed by atoms with Gasteiger partial charge in [0, 0.05) is 5.56 Å². The highest BCUT2D eigenvalue weighted by atomic mass is 35.5. The third-order valence-corrected chi connectivity index (χ3v) is 3.16. The Morgan fingerprint density at radius 1 is 1.42 bits per heavy atom. The largest absolute Gasteiger partial charge is 0.478 e. The maximum Gasteiger partial charge on any atom is 0.448 e. The molecule has 1 N–H and O–H groups in total. The molecule has 0 amide bonds. The third-order valence-electron chi connectivity index (χ3n) is 2.66. The van der Waals surface area contributed by atoms with Crippen LogP contribution in [0.1, 0.15) is 11.1 Å². The van der Waals surface area contributed by atoms with E-state index in [1.165, 1.54) is 12.1 Å². The maximum atomic E-state index is 13.0. The van der Waals surface area contributed by atoms with Gasteiger partial charge in [-0.2, -0.15) is 13.2 Å². The highest BCUT2D eigenvalue weighted by molar-refractivity contribution is 6.29. The van der Waals surface area contributed by atoms with Crippen molar-refractivity contribution < 1.29 is 27.8 Å². The van der Waals surface area contributed by atoms with Gasteiger partial charge in [0.05, 0.1) is 0 Å². The van der Waals surface area contributed by atoms with Gasteiger partial charge in [0.1, 0.15) is 11.3 Å². The summed E-state index contributed by atoms with van der Waals surface area (Å²) in [5, 5.41) is 5.51. The highest BCUT2D eigenvalue weighted by Gasteiger charge is 2.62. The molecule has 1 aliphatic rings. The molecular weight excluding hydrogens is 285 g/mol. The van der Waals surface area contributed by atoms with Crippen LogP contribution < -0.4 is 4.74 Å². The van der Waals surface area contributed by atoms with E-state index in [1.54, 1.807) is 13.0 Å². The zero-order valence-corrected chi connectivity index (χ0v) is 10.3. The zero-order chi connectivity index (χ0) is 14.4. The number of hydrogen-bond acceptors (Lipinski definition) is 2. The van der Waals surface area contributed by atoms with Crippen molar-refractivity contribution >= 4 is 23.6 Å². The van der Waals surface area contributed by atoms with E-state index < -0.39 is 22.8 Å². The molecule has 1 unspecified atom stereocenters. The number of benzene rings is 1.